The van der Waals surface area contributed by atoms with Crippen LogP contribution in [0.25, 0.3) is 75.1 Å². The number of hydrogen-bond acceptors (Lipinski definition) is 2. The van der Waals surface area contributed by atoms with Crippen LogP contribution in [0, 0.1) is 0 Å². The van der Waals surface area contributed by atoms with Gasteiger partial charge in [-0.05, 0) is 62.0 Å². The summed E-state index contributed by atoms with van der Waals surface area (Å²) in [6.45, 7) is 0. The van der Waals surface area contributed by atoms with Crippen LogP contribution in [0.1, 0.15) is 0 Å². The quantitative estimate of drug-likeness (QED) is 0.206. The molecule has 0 fully saturated rings. The summed E-state index contributed by atoms with van der Waals surface area (Å²) in [5.41, 5.74) is 9.53. The minimum atomic E-state index is 1.07. The third-order valence-electron chi connectivity index (χ3n) is 9.07. The van der Waals surface area contributed by atoms with Crippen molar-refractivity contribution >= 4 is 64.4 Å². The lowest BCUT2D eigenvalue weighted by Gasteiger charge is -2.15. The minimum absolute atomic E-state index is 1.07. The number of para-hydroxylation sites is 1. The van der Waals surface area contributed by atoms with E-state index in [9.17, 15) is 0 Å². The van der Waals surface area contributed by atoms with E-state index in [2.05, 4.69) is 175 Å². The number of hydrogen-bond donors (Lipinski definition) is 1. The largest absolute Gasteiger partial charge is 0.355 e. The van der Waals surface area contributed by atoms with Crippen LogP contribution in [-0.4, -0.2) is 0 Å². The summed E-state index contributed by atoms with van der Waals surface area (Å²) in [7, 11) is 0. The van der Waals surface area contributed by atoms with E-state index in [1.807, 2.05) is 11.3 Å². The Balaban J connectivity index is 1.15. The topological polar surface area (TPSA) is 12.0 Å². The lowest BCUT2D eigenvalue weighted by Crippen LogP contribution is -1.94. The van der Waals surface area contributed by atoms with Gasteiger partial charge >= 0.3 is 0 Å². The van der Waals surface area contributed by atoms with Gasteiger partial charge in [0.15, 0.2) is 0 Å². The monoisotopic (exact) mass is 603 g/mol. The molecule has 9 rings (SSSR count). The molecule has 0 radical (unpaired) electrons. The standard InChI is InChI=1S/C44H29NS/c1-2-12-29(13-3-1)34-17-8-9-23-42(34)45-32-16-10-15-31(28-32)33-26-27-38(37-20-7-6-19-36(33)37)39-21-11-22-40-41-25-24-30-14-4-5-18-35(30)43(41)46-44(39)40/h1-28,45H. The van der Waals surface area contributed by atoms with Gasteiger partial charge in [0.25, 0.3) is 0 Å². The van der Waals surface area contributed by atoms with Gasteiger partial charge in [-0.25, -0.2) is 0 Å². The second kappa shape index (κ2) is 11.0. The van der Waals surface area contributed by atoms with Crippen LogP contribution in [-0.2, 0) is 0 Å². The van der Waals surface area contributed by atoms with E-state index >= 15 is 0 Å². The fourth-order valence-electron chi connectivity index (χ4n) is 6.91. The van der Waals surface area contributed by atoms with Gasteiger partial charge in [0.2, 0.25) is 0 Å². The molecule has 0 spiro atoms. The number of anilines is 2. The first-order chi connectivity index (χ1) is 22.8. The van der Waals surface area contributed by atoms with Crippen molar-refractivity contribution in [3.63, 3.8) is 0 Å². The summed E-state index contributed by atoms with van der Waals surface area (Å²) in [4.78, 5) is 0. The molecule has 0 atom stereocenters. The smallest absolute Gasteiger partial charge is 0.0463 e. The van der Waals surface area contributed by atoms with Gasteiger partial charge in [-0.2, -0.15) is 0 Å². The number of benzene rings is 8. The highest BCUT2D eigenvalue weighted by Gasteiger charge is 2.16. The Morgan fingerprint density at radius 2 is 0.978 bits per heavy atom. The number of nitrogens with one attached hydrogen (secondary N) is 1. The summed E-state index contributed by atoms with van der Waals surface area (Å²) in [5.74, 6) is 0. The van der Waals surface area contributed by atoms with Crippen molar-refractivity contribution in [1.82, 2.24) is 0 Å². The second-order valence-electron chi connectivity index (χ2n) is 11.8. The Hall–Kier alpha value is -5.70. The molecule has 216 valence electrons. The number of fused-ring (bicyclic) bond motifs is 6. The molecule has 1 aromatic heterocycles. The first-order valence-electron chi connectivity index (χ1n) is 15.7. The third-order valence-corrected chi connectivity index (χ3v) is 10.4. The molecule has 0 unspecified atom stereocenters. The van der Waals surface area contributed by atoms with E-state index in [0.717, 1.165) is 11.4 Å². The first kappa shape index (κ1) is 26.7. The van der Waals surface area contributed by atoms with E-state index in [4.69, 9.17) is 0 Å². The molecule has 0 bridgehead atoms. The Bertz CT molecular complexity index is 2560. The zero-order chi connectivity index (χ0) is 30.5. The fourth-order valence-corrected chi connectivity index (χ4v) is 8.27. The van der Waals surface area contributed by atoms with Crippen LogP contribution in [0.5, 0.6) is 0 Å². The number of rotatable bonds is 5. The van der Waals surface area contributed by atoms with Crippen LogP contribution in [0.2, 0.25) is 0 Å². The summed E-state index contributed by atoms with van der Waals surface area (Å²) in [6, 6.07) is 61.3. The maximum absolute atomic E-state index is 3.71. The minimum Gasteiger partial charge on any atom is -0.355 e. The molecule has 9 aromatic rings. The molecule has 1 nitrogen and oxygen atoms in total. The Kier molecular flexibility index (Phi) is 6.40. The molecule has 2 heteroatoms. The van der Waals surface area contributed by atoms with E-state index in [1.165, 1.54) is 75.1 Å². The third kappa shape index (κ3) is 4.46. The van der Waals surface area contributed by atoms with Gasteiger partial charge in [0.1, 0.15) is 0 Å². The highest BCUT2D eigenvalue weighted by atomic mass is 32.1. The summed E-state index contributed by atoms with van der Waals surface area (Å²) < 4.78 is 2.70. The summed E-state index contributed by atoms with van der Waals surface area (Å²) >= 11 is 1.92. The molecule has 1 heterocycles. The zero-order valence-electron chi connectivity index (χ0n) is 25.1. The lowest BCUT2D eigenvalue weighted by molar-refractivity contribution is 1.53. The van der Waals surface area contributed by atoms with Crippen molar-refractivity contribution in [3.8, 4) is 33.4 Å². The van der Waals surface area contributed by atoms with Crippen molar-refractivity contribution in [1.29, 1.82) is 0 Å². The normalized spacial score (nSPS) is 11.5. The van der Waals surface area contributed by atoms with Crippen LogP contribution >= 0.6 is 11.3 Å². The average Bonchev–Trinajstić information content (AvgIpc) is 3.52. The Morgan fingerprint density at radius 3 is 1.87 bits per heavy atom. The van der Waals surface area contributed by atoms with Gasteiger partial charge in [0.05, 0.1) is 0 Å². The molecular weight excluding hydrogens is 575 g/mol. The maximum Gasteiger partial charge on any atom is 0.0463 e. The molecule has 46 heavy (non-hydrogen) atoms. The molecule has 1 N–H and O–H groups in total. The van der Waals surface area contributed by atoms with Gasteiger partial charge in [-0.1, -0.05) is 152 Å². The van der Waals surface area contributed by atoms with Crippen LogP contribution in [0.3, 0.4) is 0 Å². The fraction of sp³-hybridized carbons (Fsp3) is 0. The maximum atomic E-state index is 3.71. The molecule has 0 aliphatic heterocycles. The summed E-state index contributed by atoms with van der Waals surface area (Å²) in [5, 5.41) is 11.5. The average molecular weight is 604 g/mol. The molecular formula is C44H29NS. The van der Waals surface area contributed by atoms with Crippen molar-refractivity contribution in [3.05, 3.63) is 170 Å². The highest BCUT2D eigenvalue weighted by molar-refractivity contribution is 7.27. The first-order valence-corrected chi connectivity index (χ1v) is 16.5. The van der Waals surface area contributed by atoms with Gasteiger partial charge in [-0.3, -0.25) is 0 Å². The van der Waals surface area contributed by atoms with Crippen molar-refractivity contribution < 1.29 is 0 Å². The highest BCUT2D eigenvalue weighted by Crippen LogP contribution is 2.45. The molecule has 8 aromatic carbocycles. The second-order valence-corrected chi connectivity index (χ2v) is 12.8. The molecule has 0 amide bonds. The summed E-state index contributed by atoms with van der Waals surface area (Å²) in [6.07, 6.45) is 0. The van der Waals surface area contributed by atoms with E-state index in [-0.39, 0.29) is 0 Å². The van der Waals surface area contributed by atoms with Crippen LogP contribution in [0.4, 0.5) is 11.4 Å². The van der Waals surface area contributed by atoms with Crippen LogP contribution in [0.15, 0.2) is 170 Å². The van der Waals surface area contributed by atoms with Gasteiger partial charge in [-0.15, -0.1) is 11.3 Å². The number of thiophene rings is 1. The van der Waals surface area contributed by atoms with Crippen molar-refractivity contribution in [2.24, 2.45) is 0 Å². The predicted molar refractivity (Wildman–Crippen MR) is 200 cm³/mol. The Morgan fingerprint density at radius 1 is 0.348 bits per heavy atom. The Labute approximate surface area is 272 Å². The zero-order valence-corrected chi connectivity index (χ0v) is 25.9. The predicted octanol–water partition coefficient (Wildman–Crippen LogP) is 13.1. The molecule has 0 saturated carbocycles. The molecule has 0 aliphatic rings. The molecule has 0 aliphatic carbocycles. The van der Waals surface area contributed by atoms with Crippen molar-refractivity contribution in [2.75, 3.05) is 5.32 Å². The van der Waals surface area contributed by atoms with E-state index < -0.39 is 0 Å². The lowest BCUT2D eigenvalue weighted by atomic mass is 9.91. The van der Waals surface area contributed by atoms with Crippen molar-refractivity contribution in [2.45, 2.75) is 0 Å². The van der Waals surface area contributed by atoms with Gasteiger partial charge < -0.3 is 5.32 Å². The van der Waals surface area contributed by atoms with E-state index in [0.29, 0.717) is 0 Å². The van der Waals surface area contributed by atoms with E-state index in [1.54, 1.807) is 0 Å². The SMILES string of the molecule is c1ccc(-c2ccccc2Nc2cccc(-c3ccc(-c4cccc5c4sc4c6ccccc6ccc54)c4ccccc34)c2)cc1. The van der Waals surface area contributed by atoms with Gasteiger partial charge in [0, 0.05) is 42.7 Å². The molecule has 0 saturated heterocycles. The van der Waals surface area contributed by atoms with Crippen LogP contribution < -0.4 is 5.32 Å².